The van der Waals surface area contributed by atoms with Gasteiger partial charge in [0.25, 0.3) is 5.56 Å². The molecule has 2 aliphatic rings. The molecule has 6 heteroatoms. The van der Waals surface area contributed by atoms with Crippen molar-refractivity contribution in [2.75, 3.05) is 33.4 Å². The molecular weight excluding hydrogens is 390 g/mol. The van der Waals surface area contributed by atoms with E-state index in [4.69, 9.17) is 9.47 Å². The lowest BCUT2D eigenvalue weighted by Crippen LogP contribution is -2.36. The van der Waals surface area contributed by atoms with Gasteiger partial charge in [-0.15, -0.1) is 0 Å². The first kappa shape index (κ1) is 20.1. The summed E-state index contributed by atoms with van der Waals surface area (Å²) in [4.78, 5) is 16.0. The SMILES string of the molecule is COc1ccc(-n2c(=O)c3c(n2Cc2ccccc2)CN(CC2CCOC2)CC3)cc1. The highest BCUT2D eigenvalue weighted by atomic mass is 16.5. The topological polar surface area (TPSA) is 48.6 Å². The molecule has 6 nitrogen and oxygen atoms in total. The molecular formula is C25H29N3O3. The molecule has 0 radical (unpaired) electrons. The maximum atomic E-state index is 13.5. The summed E-state index contributed by atoms with van der Waals surface area (Å²) in [5.41, 5.74) is 4.23. The van der Waals surface area contributed by atoms with Gasteiger partial charge in [0.05, 0.1) is 31.6 Å². The summed E-state index contributed by atoms with van der Waals surface area (Å²) in [6.07, 6.45) is 1.92. The second-order valence-corrected chi connectivity index (χ2v) is 8.50. The molecule has 1 atom stereocenters. The van der Waals surface area contributed by atoms with Gasteiger partial charge in [-0.1, -0.05) is 30.3 Å². The molecule has 5 rings (SSSR count). The molecule has 1 saturated heterocycles. The molecule has 1 unspecified atom stereocenters. The summed E-state index contributed by atoms with van der Waals surface area (Å²) in [6.45, 7) is 5.15. The van der Waals surface area contributed by atoms with Crippen molar-refractivity contribution < 1.29 is 9.47 Å². The lowest BCUT2D eigenvalue weighted by Gasteiger charge is -2.29. The first-order valence-electron chi connectivity index (χ1n) is 11.0. The zero-order valence-corrected chi connectivity index (χ0v) is 18.0. The van der Waals surface area contributed by atoms with Gasteiger partial charge in [-0.2, -0.15) is 0 Å². The monoisotopic (exact) mass is 419 g/mol. The van der Waals surface area contributed by atoms with Crippen molar-refractivity contribution in [1.82, 2.24) is 14.3 Å². The summed E-state index contributed by atoms with van der Waals surface area (Å²) >= 11 is 0. The Morgan fingerprint density at radius 1 is 1.10 bits per heavy atom. The first-order valence-corrected chi connectivity index (χ1v) is 11.0. The average Bonchev–Trinajstić information content (AvgIpc) is 3.41. The van der Waals surface area contributed by atoms with Crippen molar-refractivity contribution in [3.8, 4) is 11.4 Å². The Bertz CT molecular complexity index is 1080. The van der Waals surface area contributed by atoms with Crippen molar-refractivity contribution in [2.24, 2.45) is 5.92 Å². The molecule has 1 fully saturated rings. The number of benzene rings is 2. The van der Waals surface area contributed by atoms with Gasteiger partial charge < -0.3 is 9.47 Å². The zero-order chi connectivity index (χ0) is 21.2. The minimum Gasteiger partial charge on any atom is -0.497 e. The average molecular weight is 420 g/mol. The van der Waals surface area contributed by atoms with Crippen LogP contribution in [0.1, 0.15) is 23.2 Å². The highest BCUT2D eigenvalue weighted by molar-refractivity contribution is 5.39. The number of nitrogens with zero attached hydrogens (tertiary/aromatic N) is 3. The van der Waals surface area contributed by atoms with E-state index in [9.17, 15) is 4.79 Å². The predicted octanol–water partition coefficient (Wildman–Crippen LogP) is 3.09. The summed E-state index contributed by atoms with van der Waals surface area (Å²) in [7, 11) is 1.65. The minimum absolute atomic E-state index is 0.0972. The number of rotatable bonds is 6. The van der Waals surface area contributed by atoms with E-state index in [1.165, 1.54) is 5.56 Å². The van der Waals surface area contributed by atoms with Gasteiger partial charge in [0.15, 0.2) is 0 Å². The Labute approximate surface area is 182 Å². The lowest BCUT2D eigenvalue weighted by atomic mass is 10.0. The summed E-state index contributed by atoms with van der Waals surface area (Å²) < 4.78 is 14.9. The first-order chi connectivity index (χ1) is 15.2. The molecule has 2 aliphatic heterocycles. The second kappa shape index (κ2) is 8.73. The van der Waals surface area contributed by atoms with Gasteiger partial charge in [0.2, 0.25) is 0 Å². The fourth-order valence-corrected chi connectivity index (χ4v) is 4.78. The third-order valence-electron chi connectivity index (χ3n) is 6.44. The minimum atomic E-state index is 0.0972. The van der Waals surface area contributed by atoms with Crippen molar-refractivity contribution in [3.63, 3.8) is 0 Å². The van der Waals surface area contributed by atoms with E-state index in [1.807, 2.05) is 47.1 Å². The standard InChI is InChI=1S/C25H29N3O3/c1-30-22-9-7-21(8-10-22)28-25(29)23-11-13-26(15-20-12-14-31-18-20)17-24(23)27(28)16-19-5-3-2-4-6-19/h2-10,20H,11-18H2,1H3. The summed E-state index contributed by atoms with van der Waals surface area (Å²) in [5, 5.41) is 0. The summed E-state index contributed by atoms with van der Waals surface area (Å²) in [6, 6.07) is 18.1. The van der Waals surface area contributed by atoms with Crippen LogP contribution in [0.2, 0.25) is 0 Å². The van der Waals surface area contributed by atoms with Gasteiger partial charge in [-0.25, -0.2) is 4.68 Å². The van der Waals surface area contributed by atoms with E-state index in [0.29, 0.717) is 12.5 Å². The number of hydrogen-bond acceptors (Lipinski definition) is 4. The van der Waals surface area contributed by atoms with E-state index in [2.05, 4.69) is 21.7 Å². The van der Waals surface area contributed by atoms with E-state index in [-0.39, 0.29) is 5.56 Å². The van der Waals surface area contributed by atoms with Crippen LogP contribution in [0.3, 0.4) is 0 Å². The quantitative estimate of drug-likeness (QED) is 0.616. The smallest absolute Gasteiger partial charge is 0.274 e. The number of aromatic nitrogens is 2. The number of fused-ring (bicyclic) bond motifs is 1. The Hall–Kier alpha value is -2.83. The van der Waals surface area contributed by atoms with Crippen molar-refractivity contribution in [2.45, 2.75) is 25.9 Å². The highest BCUT2D eigenvalue weighted by Crippen LogP contribution is 2.24. The van der Waals surface area contributed by atoms with Crippen LogP contribution in [0.4, 0.5) is 0 Å². The van der Waals surface area contributed by atoms with Gasteiger partial charge in [0, 0.05) is 31.8 Å². The second-order valence-electron chi connectivity index (χ2n) is 8.50. The number of methoxy groups -OCH3 is 1. The molecule has 31 heavy (non-hydrogen) atoms. The number of hydrogen-bond donors (Lipinski definition) is 0. The van der Waals surface area contributed by atoms with Crippen molar-refractivity contribution >= 4 is 0 Å². The molecule has 0 spiro atoms. The summed E-state index contributed by atoms with van der Waals surface area (Å²) in [5.74, 6) is 1.38. The fourth-order valence-electron chi connectivity index (χ4n) is 4.78. The van der Waals surface area contributed by atoms with Crippen molar-refractivity contribution in [3.05, 3.63) is 81.8 Å². The van der Waals surface area contributed by atoms with E-state index in [0.717, 1.165) is 68.4 Å². The van der Waals surface area contributed by atoms with Gasteiger partial charge in [-0.3, -0.25) is 14.4 Å². The van der Waals surface area contributed by atoms with E-state index < -0.39 is 0 Å². The van der Waals surface area contributed by atoms with E-state index in [1.54, 1.807) is 7.11 Å². The Morgan fingerprint density at radius 2 is 1.90 bits per heavy atom. The molecule has 0 amide bonds. The molecule has 0 aliphatic carbocycles. The zero-order valence-electron chi connectivity index (χ0n) is 18.0. The predicted molar refractivity (Wildman–Crippen MR) is 120 cm³/mol. The van der Waals surface area contributed by atoms with Crippen LogP contribution < -0.4 is 10.3 Å². The van der Waals surface area contributed by atoms with Gasteiger partial charge in [0.1, 0.15) is 5.75 Å². The molecule has 3 heterocycles. The van der Waals surface area contributed by atoms with Crippen LogP contribution in [-0.2, 0) is 24.2 Å². The molecule has 0 saturated carbocycles. The van der Waals surface area contributed by atoms with Crippen LogP contribution in [0.15, 0.2) is 59.4 Å². The maximum absolute atomic E-state index is 13.5. The molecule has 1 aromatic heterocycles. The van der Waals surface area contributed by atoms with Crippen LogP contribution in [-0.4, -0.2) is 47.7 Å². The van der Waals surface area contributed by atoms with Crippen LogP contribution in [0.25, 0.3) is 5.69 Å². The molecule has 2 aromatic carbocycles. The highest BCUT2D eigenvalue weighted by Gasteiger charge is 2.29. The molecule has 162 valence electrons. The maximum Gasteiger partial charge on any atom is 0.274 e. The van der Waals surface area contributed by atoms with Crippen LogP contribution in [0.5, 0.6) is 5.75 Å². The lowest BCUT2D eigenvalue weighted by molar-refractivity contribution is 0.160. The number of ether oxygens (including phenoxy) is 2. The third-order valence-corrected chi connectivity index (χ3v) is 6.44. The fraction of sp³-hybridized carbons (Fsp3) is 0.400. The molecule has 3 aromatic rings. The normalized spacial score (nSPS) is 18.8. The Balaban J connectivity index is 1.54. The largest absolute Gasteiger partial charge is 0.497 e. The van der Waals surface area contributed by atoms with Gasteiger partial charge >= 0.3 is 0 Å². The Morgan fingerprint density at radius 3 is 2.61 bits per heavy atom. The van der Waals surface area contributed by atoms with Crippen LogP contribution in [0, 0.1) is 5.92 Å². The third kappa shape index (κ3) is 4.05. The van der Waals surface area contributed by atoms with Gasteiger partial charge in [-0.05, 0) is 48.6 Å². The molecule has 0 N–H and O–H groups in total. The van der Waals surface area contributed by atoms with E-state index >= 15 is 0 Å². The Kier molecular flexibility index (Phi) is 5.66. The van der Waals surface area contributed by atoms with Crippen LogP contribution >= 0.6 is 0 Å². The van der Waals surface area contributed by atoms with Crippen molar-refractivity contribution in [1.29, 1.82) is 0 Å². The molecule has 0 bridgehead atoms.